The molecule has 0 aliphatic rings. The fourth-order valence-electron chi connectivity index (χ4n) is 3.59. The second kappa shape index (κ2) is 13.6. The van der Waals surface area contributed by atoms with Gasteiger partial charge in [0.2, 0.25) is 5.91 Å². The van der Waals surface area contributed by atoms with E-state index in [1.807, 2.05) is 0 Å². The molecular weight excluding hydrogens is 690 g/mol. The number of halogens is 4. The number of rotatable bonds is 11. The molecule has 10 nitrogen and oxygen atoms in total. The number of non-ortho nitro benzene ring substituents is 1. The number of thiazole rings is 1. The molecular formula is C27H21F3IN5O5S. The number of alkyl halides is 3. The van der Waals surface area contributed by atoms with Gasteiger partial charge in [0.1, 0.15) is 6.61 Å². The first-order valence-electron chi connectivity index (χ1n) is 12.0. The molecule has 4 aromatic rings. The highest BCUT2D eigenvalue weighted by atomic mass is 127. The summed E-state index contributed by atoms with van der Waals surface area (Å²) >= 11 is 3.21. The number of carbonyl (C=O) groups excluding carboxylic acids is 1. The summed E-state index contributed by atoms with van der Waals surface area (Å²) in [6, 6.07) is 14.3. The molecule has 0 fully saturated rings. The van der Waals surface area contributed by atoms with Crippen molar-refractivity contribution in [1.29, 1.82) is 0 Å². The Bertz CT molecular complexity index is 1630. The van der Waals surface area contributed by atoms with Crippen molar-refractivity contribution in [3.63, 3.8) is 0 Å². The van der Waals surface area contributed by atoms with Gasteiger partial charge in [0.15, 0.2) is 16.6 Å². The summed E-state index contributed by atoms with van der Waals surface area (Å²) in [6.45, 7) is 0.0886. The highest BCUT2D eigenvalue weighted by Crippen LogP contribution is 2.35. The molecule has 218 valence electrons. The molecule has 0 aliphatic carbocycles. The highest BCUT2D eigenvalue weighted by molar-refractivity contribution is 14.1. The van der Waals surface area contributed by atoms with Gasteiger partial charge in [-0.1, -0.05) is 18.2 Å². The number of benzene rings is 3. The van der Waals surface area contributed by atoms with Gasteiger partial charge in [-0.3, -0.25) is 14.9 Å². The molecule has 0 radical (unpaired) electrons. The van der Waals surface area contributed by atoms with Gasteiger partial charge < -0.3 is 14.8 Å². The van der Waals surface area contributed by atoms with Crippen LogP contribution in [-0.4, -0.2) is 29.1 Å². The van der Waals surface area contributed by atoms with Crippen LogP contribution in [-0.2, 0) is 24.0 Å². The van der Waals surface area contributed by atoms with Crippen molar-refractivity contribution in [2.75, 3.05) is 12.4 Å². The minimum Gasteiger partial charge on any atom is -0.493 e. The van der Waals surface area contributed by atoms with Crippen LogP contribution in [0.1, 0.15) is 22.4 Å². The van der Waals surface area contributed by atoms with E-state index in [2.05, 4.69) is 43.4 Å². The molecule has 4 rings (SSSR count). The van der Waals surface area contributed by atoms with Crippen LogP contribution >= 0.6 is 33.9 Å². The average molecular weight is 711 g/mol. The van der Waals surface area contributed by atoms with Crippen molar-refractivity contribution in [2.45, 2.75) is 19.2 Å². The molecule has 0 saturated heterocycles. The largest absolute Gasteiger partial charge is 0.493 e. The van der Waals surface area contributed by atoms with E-state index >= 15 is 0 Å². The number of nitrogens with zero attached hydrogens (tertiary/aromatic N) is 3. The van der Waals surface area contributed by atoms with Crippen LogP contribution in [0.15, 0.2) is 71.1 Å². The highest BCUT2D eigenvalue weighted by Gasteiger charge is 2.30. The van der Waals surface area contributed by atoms with E-state index in [9.17, 15) is 28.1 Å². The minimum absolute atomic E-state index is 0.0339. The maximum atomic E-state index is 12.9. The Balaban J connectivity index is 1.33. The van der Waals surface area contributed by atoms with Crippen molar-refractivity contribution in [3.8, 4) is 11.5 Å². The Morgan fingerprint density at radius 3 is 2.71 bits per heavy atom. The predicted molar refractivity (Wildman–Crippen MR) is 159 cm³/mol. The van der Waals surface area contributed by atoms with E-state index in [4.69, 9.17) is 9.47 Å². The second-order valence-electron chi connectivity index (χ2n) is 8.57. The van der Waals surface area contributed by atoms with E-state index in [1.54, 1.807) is 29.6 Å². The number of anilines is 2. The molecule has 42 heavy (non-hydrogen) atoms. The van der Waals surface area contributed by atoms with Crippen molar-refractivity contribution in [1.82, 2.24) is 10.4 Å². The monoisotopic (exact) mass is 711 g/mol. The topological polar surface area (TPSA) is 128 Å². The zero-order valence-corrected chi connectivity index (χ0v) is 24.6. The normalized spacial score (nSPS) is 11.4. The molecule has 0 saturated carbocycles. The van der Waals surface area contributed by atoms with Crippen LogP contribution in [0.25, 0.3) is 0 Å². The summed E-state index contributed by atoms with van der Waals surface area (Å²) in [5.41, 5.74) is 3.48. The molecule has 1 amide bonds. The van der Waals surface area contributed by atoms with Gasteiger partial charge in [0.05, 0.1) is 39.5 Å². The van der Waals surface area contributed by atoms with Gasteiger partial charge >= 0.3 is 6.18 Å². The van der Waals surface area contributed by atoms with E-state index < -0.39 is 22.6 Å². The summed E-state index contributed by atoms with van der Waals surface area (Å²) in [5, 5.41) is 19.8. The number of hydrogen-bond acceptors (Lipinski definition) is 9. The molecule has 0 spiro atoms. The van der Waals surface area contributed by atoms with E-state index in [0.29, 0.717) is 37.0 Å². The average Bonchev–Trinajstić information content (AvgIpc) is 3.38. The standard InChI is InChI=1S/C27H21F3IN5O5S/c1-40-23-10-17(9-22(31)25(23)41-14-16-4-2-7-21(8-16)36(38)39)13-32-35-24(37)12-20-15-42-26(34-20)33-19-6-3-5-18(11-19)27(28,29)30/h2-11,13,15H,12,14H2,1H3,(H,33,34)(H,35,37)/b32-13-. The van der Waals surface area contributed by atoms with Crippen molar-refractivity contribution in [2.24, 2.45) is 5.10 Å². The molecule has 0 unspecified atom stereocenters. The smallest absolute Gasteiger partial charge is 0.416 e. The van der Waals surface area contributed by atoms with E-state index in [1.165, 1.54) is 37.6 Å². The van der Waals surface area contributed by atoms with Crippen LogP contribution in [0.5, 0.6) is 11.5 Å². The molecule has 1 heterocycles. The molecule has 0 bridgehead atoms. The van der Waals surface area contributed by atoms with Gasteiger partial charge in [-0.15, -0.1) is 11.3 Å². The molecule has 0 atom stereocenters. The first kappa shape index (κ1) is 30.7. The number of hydrogen-bond donors (Lipinski definition) is 2. The fraction of sp³-hybridized carbons (Fsp3) is 0.148. The lowest BCUT2D eigenvalue weighted by Gasteiger charge is -2.13. The van der Waals surface area contributed by atoms with Gasteiger partial charge in [0, 0.05) is 23.2 Å². The summed E-state index contributed by atoms with van der Waals surface area (Å²) in [5.74, 6) is 0.410. The zero-order valence-electron chi connectivity index (χ0n) is 21.6. The van der Waals surface area contributed by atoms with Crippen molar-refractivity contribution < 1.29 is 32.4 Å². The Morgan fingerprint density at radius 2 is 1.98 bits per heavy atom. The molecule has 2 N–H and O–H groups in total. The number of nitro groups is 1. The third kappa shape index (κ3) is 8.39. The fourth-order valence-corrected chi connectivity index (χ4v) is 5.11. The summed E-state index contributed by atoms with van der Waals surface area (Å²) in [6.07, 6.45) is -3.13. The summed E-state index contributed by atoms with van der Waals surface area (Å²) in [4.78, 5) is 27.1. The van der Waals surface area contributed by atoms with Gasteiger partial charge in [0.25, 0.3) is 5.69 Å². The molecule has 15 heteroatoms. The quantitative estimate of drug-likeness (QED) is 0.0768. The number of nitrogens with one attached hydrogen (secondary N) is 2. The number of aromatic nitrogens is 1. The SMILES string of the molecule is COc1cc(/C=N\NC(=O)Cc2csc(Nc3cccc(C(F)(F)F)c3)n2)cc(I)c1OCc1cccc([N+](=O)[O-])c1. The Kier molecular flexibility index (Phi) is 9.95. The lowest BCUT2D eigenvalue weighted by molar-refractivity contribution is -0.384. The number of methoxy groups -OCH3 is 1. The Labute approximate surface area is 254 Å². The van der Waals surface area contributed by atoms with Crippen molar-refractivity contribution >= 4 is 62.6 Å². The maximum absolute atomic E-state index is 12.9. The van der Waals surface area contributed by atoms with Gasteiger partial charge in [-0.25, -0.2) is 10.4 Å². The second-order valence-corrected chi connectivity index (χ2v) is 10.6. The third-order valence-corrected chi connectivity index (χ3v) is 7.10. The van der Waals surface area contributed by atoms with E-state index in [-0.39, 0.29) is 24.4 Å². The summed E-state index contributed by atoms with van der Waals surface area (Å²) < 4.78 is 50.8. The lowest BCUT2D eigenvalue weighted by Crippen LogP contribution is -2.20. The molecule has 0 aliphatic heterocycles. The van der Waals surface area contributed by atoms with Crippen LogP contribution < -0.4 is 20.2 Å². The number of hydrazone groups is 1. The van der Waals surface area contributed by atoms with Crippen LogP contribution in [0.2, 0.25) is 0 Å². The number of amides is 1. The van der Waals surface area contributed by atoms with E-state index in [0.717, 1.165) is 23.5 Å². The van der Waals surface area contributed by atoms with Crippen LogP contribution in [0, 0.1) is 13.7 Å². The number of ether oxygens (including phenoxy) is 2. The van der Waals surface area contributed by atoms with Crippen LogP contribution in [0.3, 0.4) is 0 Å². The van der Waals surface area contributed by atoms with Gasteiger partial charge in [-0.2, -0.15) is 18.3 Å². The third-order valence-electron chi connectivity index (χ3n) is 5.49. The summed E-state index contributed by atoms with van der Waals surface area (Å²) in [7, 11) is 1.47. The van der Waals surface area contributed by atoms with Crippen LogP contribution in [0.4, 0.5) is 29.7 Å². The van der Waals surface area contributed by atoms with Gasteiger partial charge in [-0.05, 0) is 64.0 Å². The predicted octanol–water partition coefficient (Wildman–Crippen LogP) is 6.70. The van der Waals surface area contributed by atoms with Crippen molar-refractivity contribution in [3.05, 3.63) is 102 Å². The maximum Gasteiger partial charge on any atom is 0.416 e. The first-order chi connectivity index (χ1) is 20.0. The Morgan fingerprint density at radius 1 is 1.19 bits per heavy atom. The minimum atomic E-state index is -4.46. The molecule has 1 aromatic heterocycles. The lowest BCUT2D eigenvalue weighted by atomic mass is 10.2. The zero-order chi connectivity index (χ0) is 30.3. The number of carbonyl (C=O) groups is 1. The Hall–Kier alpha value is -4.25. The molecule has 3 aromatic carbocycles. The first-order valence-corrected chi connectivity index (χ1v) is 13.9. The number of nitro benzene ring substituents is 1.